The molecule has 0 amide bonds. The molecular formula is C12H23NO5S2. The van der Waals surface area contributed by atoms with Crippen LogP contribution >= 0.6 is 0 Å². The molecule has 2 N–H and O–H groups in total. The van der Waals surface area contributed by atoms with E-state index >= 15 is 0 Å². The summed E-state index contributed by atoms with van der Waals surface area (Å²) in [6, 6.07) is 0. The van der Waals surface area contributed by atoms with Gasteiger partial charge in [0.25, 0.3) is 0 Å². The number of aliphatic hydroxyl groups excluding tert-OH is 1. The molecule has 0 radical (unpaired) electrons. The van der Waals surface area contributed by atoms with Crippen molar-refractivity contribution in [2.45, 2.75) is 49.8 Å². The zero-order valence-electron chi connectivity index (χ0n) is 11.7. The first kappa shape index (κ1) is 16.2. The fourth-order valence-electron chi connectivity index (χ4n) is 3.00. The maximum absolute atomic E-state index is 12.3. The van der Waals surface area contributed by atoms with E-state index < -0.39 is 30.6 Å². The molecule has 1 aliphatic heterocycles. The Morgan fingerprint density at radius 2 is 1.85 bits per heavy atom. The van der Waals surface area contributed by atoms with Crippen LogP contribution in [0.2, 0.25) is 0 Å². The van der Waals surface area contributed by atoms with Crippen LogP contribution in [0, 0.1) is 5.92 Å². The summed E-state index contributed by atoms with van der Waals surface area (Å²) in [4.78, 5) is 0. The molecule has 6 nitrogen and oxygen atoms in total. The molecule has 1 aliphatic carbocycles. The van der Waals surface area contributed by atoms with E-state index in [1.54, 1.807) is 0 Å². The summed E-state index contributed by atoms with van der Waals surface area (Å²) in [5, 5.41) is 8.71. The molecule has 2 rings (SSSR count). The molecule has 1 saturated carbocycles. The van der Waals surface area contributed by atoms with Gasteiger partial charge >= 0.3 is 0 Å². The molecule has 118 valence electrons. The summed E-state index contributed by atoms with van der Waals surface area (Å²) in [7, 11) is -6.94. The van der Waals surface area contributed by atoms with Crippen molar-refractivity contribution < 1.29 is 21.9 Å². The van der Waals surface area contributed by atoms with E-state index in [2.05, 4.69) is 11.6 Å². The molecule has 0 aromatic rings. The van der Waals surface area contributed by atoms with Crippen LogP contribution < -0.4 is 4.72 Å². The van der Waals surface area contributed by atoms with E-state index in [-0.39, 0.29) is 24.5 Å². The van der Waals surface area contributed by atoms with Gasteiger partial charge in [-0.2, -0.15) is 0 Å². The number of aliphatic hydroxyl groups is 1. The van der Waals surface area contributed by atoms with Crippen molar-refractivity contribution in [3.63, 3.8) is 0 Å². The number of sulfonamides is 1. The third kappa shape index (κ3) is 3.52. The topological polar surface area (TPSA) is 101 Å². The molecule has 0 spiro atoms. The van der Waals surface area contributed by atoms with Gasteiger partial charge in [0.2, 0.25) is 10.0 Å². The van der Waals surface area contributed by atoms with E-state index in [0.717, 1.165) is 12.8 Å². The van der Waals surface area contributed by atoms with Crippen LogP contribution in [-0.4, -0.2) is 50.8 Å². The number of rotatable bonds is 4. The summed E-state index contributed by atoms with van der Waals surface area (Å²) < 4.78 is 50.2. The molecule has 1 heterocycles. The Balaban J connectivity index is 2.11. The van der Waals surface area contributed by atoms with Crippen molar-refractivity contribution in [1.82, 2.24) is 4.72 Å². The second kappa shape index (κ2) is 5.55. The predicted molar refractivity (Wildman–Crippen MR) is 76.6 cm³/mol. The summed E-state index contributed by atoms with van der Waals surface area (Å²) in [5.41, 5.74) is -0.808. The first-order chi connectivity index (χ1) is 9.18. The van der Waals surface area contributed by atoms with E-state index in [4.69, 9.17) is 0 Å². The first-order valence-electron chi connectivity index (χ1n) is 7.02. The van der Waals surface area contributed by atoms with Crippen LogP contribution in [0.5, 0.6) is 0 Å². The van der Waals surface area contributed by atoms with Gasteiger partial charge in [-0.05, 0) is 38.0 Å². The number of sulfone groups is 1. The highest BCUT2D eigenvalue weighted by Crippen LogP contribution is 2.33. The smallest absolute Gasteiger partial charge is 0.216 e. The summed E-state index contributed by atoms with van der Waals surface area (Å²) in [6.45, 7) is 1.87. The molecule has 0 bridgehead atoms. The fraction of sp³-hybridized carbons (Fsp3) is 1.00. The van der Waals surface area contributed by atoms with Gasteiger partial charge in [0, 0.05) is 0 Å². The number of hydrogen-bond donors (Lipinski definition) is 2. The molecule has 0 aromatic carbocycles. The molecule has 1 saturated heterocycles. The van der Waals surface area contributed by atoms with Crippen LogP contribution in [0.15, 0.2) is 0 Å². The minimum atomic E-state index is -3.71. The van der Waals surface area contributed by atoms with E-state index in [9.17, 15) is 21.9 Å². The largest absolute Gasteiger partial charge is 0.394 e. The lowest BCUT2D eigenvalue weighted by molar-refractivity contribution is 0.125. The van der Waals surface area contributed by atoms with Gasteiger partial charge in [0.1, 0.15) is 0 Å². The number of hydrogen-bond acceptors (Lipinski definition) is 5. The molecule has 20 heavy (non-hydrogen) atoms. The average molecular weight is 325 g/mol. The van der Waals surface area contributed by atoms with Crippen molar-refractivity contribution >= 4 is 19.9 Å². The van der Waals surface area contributed by atoms with Gasteiger partial charge in [0.15, 0.2) is 9.84 Å². The minimum Gasteiger partial charge on any atom is -0.394 e. The van der Waals surface area contributed by atoms with E-state index in [1.165, 1.54) is 0 Å². The van der Waals surface area contributed by atoms with Gasteiger partial charge in [-0.25, -0.2) is 21.6 Å². The normalized spacial score (nSPS) is 37.9. The van der Waals surface area contributed by atoms with Gasteiger partial charge in [0.05, 0.1) is 28.9 Å². The Bertz CT molecular complexity index is 546. The molecule has 2 aliphatic rings. The second-order valence-electron chi connectivity index (χ2n) is 6.29. The van der Waals surface area contributed by atoms with E-state index in [1.807, 2.05) is 0 Å². The van der Waals surface area contributed by atoms with Crippen molar-refractivity contribution in [1.29, 1.82) is 0 Å². The maximum atomic E-state index is 12.3. The number of nitrogens with one attached hydrogen (secondary N) is 1. The Morgan fingerprint density at radius 3 is 2.30 bits per heavy atom. The lowest BCUT2D eigenvalue weighted by Crippen LogP contribution is -2.55. The predicted octanol–water partition coefficient (Wildman–Crippen LogP) is 0.0341. The zero-order chi connectivity index (χ0) is 15.0. The summed E-state index contributed by atoms with van der Waals surface area (Å²) in [5.74, 6) is 0.160. The molecule has 1 unspecified atom stereocenters. The van der Waals surface area contributed by atoms with Gasteiger partial charge in [-0.3, -0.25) is 0 Å². The fourth-order valence-corrected chi connectivity index (χ4v) is 7.50. The van der Waals surface area contributed by atoms with Crippen LogP contribution in [0.1, 0.15) is 39.0 Å². The highest BCUT2D eigenvalue weighted by molar-refractivity contribution is 7.95. The second-order valence-corrected chi connectivity index (χ2v) is 10.5. The standard InChI is InChI=1S/C12H23NO5S2/c1-10-2-5-12(9-14,6-3-10)13-20(17,18)11-4-7-19(15,16)8-11/h10-11,13-14H,2-9H2,1H3. The molecule has 8 heteroatoms. The van der Waals surface area contributed by atoms with Crippen LogP contribution in [0.4, 0.5) is 0 Å². The lowest BCUT2D eigenvalue weighted by atomic mass is 9.78. The molecular weight excluding hydrogens is 302 g/mol. The maximum Gasteiger partial charge on any atom is 0.216 e. The zero-order valence-corrected chi connectivity index (χ0v) is 13.3. The van der Waals surface area contributed by atoms with Crippen molar-refractivity contribution in [2.75, 3.05) is 18.1 Å². The highest BCUT2D eigenvalue weighted by atomic mass is 32.2. The third-order valence-corrected chi connectivity index (χ3v) is 8.50. The molecule has 1 atom stereocenters. The van der Waals surface area contributed by atoms with Gasteiger partial charge in [-0.1, -0.05) is 6.92 Å². The van der Waals surface area contributed by atoms with Crippen molar-refractivity contribution in [2.24, 2.45) is 5.92 Å². The van der Waals surface area contributed by atoms with Gasteiger partial charge in [-0.15, -0.1) is 0 Å². The average Bonchev–Trinajstić information content (AvgIpc) is 2.74. The van der Waals surface area contributed by atoms with Crippen molar-refractivity contribution in [3.05, 3.63) is 0 Å². The Labute approximate surface area is 120 Å². The highest BCUT2D eigenvalue weighted by Gasteiger charge is 2.43. The first-order valence-corrected chi connectivity index (χ1v) is 10.4. The monoisotopic (exact) mass is 325 g/mol. The Kier molecular flexibility index (Phi) is 4.49. The summed E-state index contributed by atoms with van der Waals surface area (Å²) >= 11 is 0. The van der Waals surface area contributed by atoms with Crippen LogP contribution in [0.25, 0.3) is 0 Å². The quantitative estimate of drug-likeness (QED) is 0.760. The molecule has 2 fully saturated rings. The molecule has 0 aromatic heterocycles. The van der Waals surface area contributed by atoms with E-state index in [0.29, 0.717) is 18.8 Å². The van der Waals surface area contributed by atoms with Crippen LogP contribution in [-0.2, 0) is 19.9 Å². The van der Waals surface area contributed by atoms with Crippen LogP contribution in [0.3, 0.4) is 0 Å². The lowest BCUT2D eigenvalue weighted by Gasteiger charge is -2.39. The Morgan fingerprint density at radius 1 is 1.25 bits per heavy atom. The SMILES string of the molecule is CC1CCC(CO)(NS(=O)(=O)C2CCS(=O)(=O)C2)CC1. The third-order valence-electron chi connectivity index (χ3n) is 4.52. The Hall–Kier alpha value is -0.180. The van der Waals surface area contributed by atoms with Crippen molar-refractivity contribution in [3.8, 4) is 0 Å². The minimum absolute atomic E-state index is 0.0677. The summed E-state index contributed by atoms with van der Waals surface area (Å²) in [6.07, 6.45) is 3.08. The van der Waals surface area contributed by atoms with Gasteiger partial charge < -0.3 is 5.11 Å².